The predicted molar refractivity (Wildman–Crippen MR) is 76.5 cm³/mol. The normalized spacial score (nSPS) is 12.8. The van der Waals surface area contributed by atoms with Crippen molar-refractivity contribution >= 4 is 21.2 Å². The van der Waals surface area contributed by atoms with Crippen LogP contribution < -0.4 is 0 Å². The van der Waals surface area contributed by atoms with E-state index in [-0.39, 0.29) is 0 Å². The van der Waals surface area contributed by atoms with Crippen LogP contribution in [-0.2, 0) is 8.85 Å². The lowest BCUT2D eigenvalue weighted by molar-refractivity contribution is 0.142. The van der Waals surface area contributed by atoms with Gasteiger partial charge in [0.2, 0.25) is 0 Å². The van der Waals surface area contributed by atoms with Crippen molar-refractivity contribution in [2.45, 2.75) is 46.7 Å². The van der Waals surface area contributed by atoms with Gasteiger partial charge in [-0.05, 0) is 36.6 Å². The summed E-state index contributed by atoms with van der Waals surface area (Å²) in [5, 5.41) is 0. The van der Waals surface area contributed by atoms with E-state index in [1.165, 1.54) is 0 Å². The smallest absolute Gasteiger partial charge is 0.334 e. The third-order valence-electron chi connectivity index (χ3n) is 2.23. The fourth-order valence-electron chi connectivity index (χ4n) is 1.27. The second-order valence-corrected chi connectivity index (χ2v) is 9.16. The first-order valence-electron chi connectivity index (χ1n) is 6.28. The zero-order valence-electron chi connectivity index (χ0n) is 11.5. The molecule has 0 saturated heterocycles. The largest absolute Gasteiger partial charge is 0.394 e. The Morgan fingerprint density at radius 1 is 1.00 bits per heavy atom. The van der Waals surface area contributed by atoms with Crippen molar-refractivity contribution < 1.29 is 8.85 Å². The van der Waals surface area contributed by atoms with Crippen molar-refractivity contribution in [2.75, 3.05) is 19.0 Å². The lowest BCUT2D eigenvalue weighted by Crippen LogP contribution is -2.40. The molecule has 0 heterocycles. The summed E-state index contributed by atoms with van der Waals surface area (Å²) in [4.78, 5) is 0. The molecular formula is C12H28O2SSi. The maximum absolute atomic E-state index is 6.03. The van der Waals surface area contributed by atoms with Crippen LogP contribution in [0.1, 0.15) is 34.1 Å². The molecule has 4 heteroatoms. The van der Waals surface area contributed by atoms with Gasteiger partial charge in [0, 0.05) is 13.2 Å². The monoisotopic (exact) mass is 264 g/mol. The van der Waals surface area contributed by atoms with Gasteiger partial charge in [0.25, 0.3) is 0 Å². The van der Waals surface area contributed by atoms with Crippen molar-refractivity contribution in [3.8, 4) is 0 Å². The molecule has 0 unspecified atom stereocenters. The van der Waals surface area contributed by atoms with Gasteiger partial charge in [0.1, 0.15) is 0 Å². The van der Waals surface area contributed by atoms with Crippen LogP contribution in [0.4, 0.5) is 0 Å². The Morgan fingerprint density at radius 3 is 1.75 bits per heavy atom. The van der Waals surface area contributed by atoms with E-state index in [0.29, 0.717) is 11.8 Å². The lowest BCUT2D eigenvalue weighted by atomic mass is 10.2. The van der Waals surface area contributed by atoms with E-state index in [1.54, 1.807) is 0 Å². The molecule has 0 radical (unpaired) electrons. The van der Waals surface area contributed by atoms with Gasteiger partial charge < -0.3 is 8.85 Å². The highest BCUT2D eigenvalue weighted by atomic mass is 32.1. The fourth-order valence-corrected chi connectivity index (χ4v) is 4.29. The number of hydrogen-bond acceptors (Lipinski definition) is 3. The van der Waals surface area contributed by atoms with Crippen molar-refractivity contribution in [3.63, 3.8) is 0 Å². The van der Waals surface area contributed by atoms with Crippen LogP contribution in [-0.4, -0.2) is 27.5 Å². The zero-order valence-corrected chi connectivity index (χ0v) is 13.3. The van der Waals surface area contributed by atoms with Crippen LogP contribution in [0.25, 0.3) is 0 Å². The predicted octanol–water partition coefficient (Wildman–Crippen LogP) is 3.72. The summed E-state index contributed by atoms with van der Waals surface area (Å²) >= 11 is 4.26. The minimum Gasteiger partial charge on any atom is -0.394 e. The molecule has 0 bridgehead atoms. The van der Waals surface area contributed by atoms with E-state index in [1.807, 2.05) is 0 Å². The van der Waals surface area contributed by atoms with Crippen LogP contribution in [0.2, 0.25) is 12.6 Å². The first kappa shape index (κ1) is 16.5. The van der Waals surface area contributed by atoms with E-state index >= 15 is 0 Å². The summed E-state index contributed by atoms with van der Waals surface area (Å²) in [6.45, 7) is 12.5. The Hall–Kier alpha value is 0.487. The standard InChI is InChI=1S/C12H28O2SSi/c1-11(2)9-13-16(5,8-6-7-15)14-10-12(3)4/h11-12,15H,6-10H2,1-5H3. The topological polar surface area (TPSA) is 18.5 Å². The molecule has 0 aliphatic rings. The van der Waals surface area contributed by atoms with Gasteiger partial charge in [-0.2, -0.15) is 12.6 Å². The molecule has 0 aliphatic heterocycles. The van der Waals surface area contributed by atoms with E-state index < -0.39 is 8.56 Å². The van der Waals surface area contributed by atoms with E-state index in [4.69, 9.17) is 8.85 Å². The highest BCUT2D eigenvalue weighted by molar-refractivity contribution is 7.80. The van der Waals surface area contributed by atoms with Crippen LogP contribution in [0, 0.1) is 11.8 Å². The Balaban J connectivity index is 4.12. The molecule has 0 aliphatic carbocycles. The van der Waals surface area contributed by atoms with E-state index in [9.17, 15) is 0 Å². The van der Waals surface area contributed by atoms with Gasteiger partial charge in [0.15, 0.2) is 0 Å². The summed E-state index contributed by atoms with van der Waals surface area (Å²) in [7, 11) is -1.94. The molecule has 0 aromatic carbocycles. The van der Waals surface area contributed by atoms with Crippen molar-refractivity contribution in [2.24, 2.45) is 11.8 Å². The molecule has 16 heavy (non-hydrogen) atoms. The highest BCUT2D eigenvalue weighted by Gasteiger charge is 2.31. The minimum absolute atomic E-state index is 0.575. The lowest BCUT2D eigenvalue weighted by Gasteiger charge is -2.28. The molecule has 98 valence electrons. The zero-order chi connectivity index (χ0) is 12.6. The van der Waals surface area contributed by atoms with Crippen LogP contribution in [0.5, 0.6) is 0 Å². The summed E-state index contributed by atoms with van der Waals surface area (Å²) in [5.41, 5.74) is 0. The Morgan fingerprint density at radius 2 is 1.44 bits per heavy atom. The first-order chi connectivity index (χ1) is 7.39. The molecular weight excluding hydrogens is 236 g/mol. The highest BCUT2D eigenvalue weighted by Crippen LogP contribution is 2.18. The molecule has 0 spiro atoms. The van der Waals surface area contributed by atoms with E-state index in [2.05, 4.69) is 46.9 Å². The van der Waals surface area contributed by atoms with Gasteiger partial charge >= 0.3 is 8.56 Å². The second kappa shape index (κ2) is 8.56. The maximum Gasteiger partial charge on any atom is 0.334 e. The van der Waals surface area contributed by atoms with Gasteiger partial charge in [-0.1, -0.05) is 27.7 Å². The number of rotatable bonds is 9. The number of thiol groups is 1. The van der Waals surface area contributed by atoms with Crippen LogP contribution in [0.15, 0.2) is 0 Å². The molecule has 0 atom stereocenters. The van der Waals surface area contributed by atoms with Gasteiger partial charge in [-0.25, -0.2) is 0 Å². The second-order valence-electron chi connectivity index (χ2n) is 5.37. The molecule has 0 amide bonds. The van der Waals surface area contributed by atoms with Gasteiger partial charge in [0.05, 0.1) is 0 Å². The Labute approximate surface area is 108 Å². The SMILES string of the molecule is CC(C)CO[Si](C)(CCCS)OCC(C)C. The molecule has 0 saturated carbocycles. The molecule has 0 aromatic heterocycles. The summed E-state index contributed by atoms with van der Waals surface area (Å²) in [5.74, 6) is 2.06. The molecule has 0 fully saturated rings. The van der Waals surface area contributed by atoms with Crippen molar-refractivity contribution in [3.05, 3.63) is 0 Å². The Kier molecular flexibility index (Phi) is 8.82. The third-order valence-corrected chi connectivity index (χ3v) is 5.37. The van der Waals surface area contributed by atoms with Gasteiger partial charge in [-0.3, -0.25) is 0 Å². The maximum atomic E-state index is 6.03. The van der Waals surface area contributed by atoms with Crippen LogP contribution >= 0.6 is 12.6 Å². The first-order valence-corrected chi connectivity index (χ1v) is 9.44. The van der Waals surface area contributed by atoms with Crippen molar-refractivity contribution in [1.82, 2.24) is 0 Å². The minimum atomic E-state index is -1.94. The van der Waals surface area contributed by atoms with E-state index in [0.717, 1.165) is 31.4 Å². The van der Waals surface area contributed by atoms with Gasteiger partial charge in [-0.15, -0.1) is 0 Å². The van der Waals surface area contributed by atoms with Crippen molar-refractivity contribution in [1.29, 1.82) is 0 Å². The summed E-state index contributed by atoms with van der Waals surface area (Å²) in [6.07, 6.45) is 1.09. The summed E-state index contributed by atoms with van der Waals surface area (Å²) in [6, 6.07) is 1.05. The Bertz CT molecular complexity index is 162. The molecule has 0 aromatic rings. The average Bonchev–Trinajstić information content (AvgIpc) is 2.21. The molecule has 2 nitrogen and oxygen atoms in total. The fraction of sp³-hybridized carbons (Fsp3) is 1.00. The molecule has 0 rings (SSSR count). The van der Waals surface area contributed by atoms with Crippen LogP contribution in [0.3, 0.4) is 0 Å². The molecule has 0 N–H and O–H groups in total. The quantitative estimate of drug-likeness (QED) is 0.505. The average molecular weight is 265 g/mol. The summed E-state index contributed by atoms with van der Waals surface area (Å²) < 4.78 is 12.1. The number of hydrogen-bond donors (Lipinski definition) is 1. The third kappa shape index (κ3) is 8.62.